The van der Waals surface area contributed by atoms with Gasteiger partial charge in [-0.25, -0.2) is 4.68 Å². The minimum Gasteiger partial charge on any atom is -0.477 e. The van der Waals surface area contributed by atoms with E-state index < -0.39 is 0 Å². The molecule has 6 nitrogen and oxygen atoms in total. The van der Waals surface area contributed by atoms with Gasteiger partial charge in [0.05, 0.1) is 12.3 Å². The van der Waals surface area contributed by atoms with Gasteiger partial charge in [-0.3, -0.25) is 5.41 Å². The Morgan fingerprint density at radius 3 is 2.71 bits per heavy atom. The second-order valence-corrected chi connectivity index (χ2v) is 4.31. The molecule has 6 heteroatoms. The van der Waals surface area contributed by atoms with Gasteiger partial charge in [0, 0.05) is 13.6 Å². The minimum atomic E-state index is -0.00166. The number of aromatic nitrogens is 2. The molecule has 0 aliphatic rings. The number of rotatable bonds is 6. The van der Waals surface area contributed by atoms with Crippen LogP contribution in [0.15, 0.2) is 0 Å². The minimum absolute atomic E-state index is 0.00166. The third-order valence-corrected chi connectivity index (χ3v) is 2.43. The zero-order chi connectivity index (χ0) is 13.0. The lowest BCUT2D eigenvalue weighted by atomic mass is 10.2. The van der Waals surface area contributed by atoms with Crippen LogP contribution in [0.2, 0.25) is 0 Å². The maximum Gasteiger partial charge on any atom is 0.223 e. The molecule has 0 aliphatic carbocycles. The van der Waals surface area contributed by atoms with E-state index in [9.17, 15) is 0 Å². The van der Waals surface area contributed by atoms with E-state index in [1.165, 1.54) is 0 Å². The Morgan fingerprint density at radius 1 is 1.53 bits per heavy atom. The lowest BCUT2D eigenvalue weighted by Crippen LogP contribution is -2.17. The fourth-order valence-electron chi connectivity index (χ4n) is 1.66. The maximum atomic E-state index is 7.52. The first-order valence-corrected chi connectivity index (χ1v) is 5.59. The number of aryl methyl sites for hydroxylation is 2. The molecule has 0 atom stereocenters. The molecule has 0 unspecified atom stereocenters. The Hall–Kier alpha value is -1.56. The standard InChI is InChI=1S/C11H21N5O/c1-8-9(10(12)13)11(16(4)14-8)17-7-5-6-15(2)3/h5-7H2,1-4H3,(H3,12,13). The largest absolute Gasteiger partial charge is 0.477 e. The van der Waals surface area contributed by atoms with Gasteiger partial charge in [0.2, 0.25) is 5.88 Å². The predicted molar refractivity (Wildman–Crippen MR) is 67.6 cm³/mol. The molecule has 0 aliphatic heterocycles. The summed E-state index contributed by atoms with van der Waals surface area (Å²) in [4.78, 5) is 2.10. The van der Waals surface area contributed by atoms with Crippen LogP contribution in [0.3, 0.4) is 0 Å². The molecular weight excluding hydrogens is 218 g/mol. The van der Waals surface area contributed by atoms with Gasteiger partial charge in [-0.2, -0.15) is 5.10 Å². The third-order valence-electron chi connectivity index (χ3n) is 2.43. The number of hydrogen-bond donors (Lipinski definition) is 2. The van der Waals surface area contributed by atoms with Crippen LogP contribution in [0, 0.1) is 12.3 Å². The van der Waals surface area contributed by atoms with E-state index >= 15 is 0 Å². The molecular formula is C11H21N5O. The molecule has 17 heavy (non-hydrogen) atoms. The van der Waals surface area contributed by atoms with Gasteiger partial charge < -0.3 is 15.4 Å². The van der Waals surface area contributed by atoms with Crippen molar-refractivity contribution in [1.29, 1.82) is 5.41 Å². The van der Waals surface area contributed by atoms with Gasteiger partial charge in [0.1, 0.15) is 11.4 Å². The highest BCUT2D eigenvalue weighted by Gasteiger charge is 2.16. The highest BCUT2D eigenvalue weighted by molar-refractivity contribution is 5.98. The molecule has 0 aromatic carbocycles. The Balaban J connectivity index is 2.67. The number of nitrogens with zero attached hydrogens (tertiary/aromatic N) is 3. The van der Waals surface area contributed by atoms with Crippen molar-refractivity contribution in [3.8, 4) is 5.88 Å². The molecule has 0 amide bonds. The summed E-state index contributed by atoms with van der Waals surface area (Å²) in [6, 6.07) is 0. The fourth-order valence-corrected chi connectivity index (χ4v) is 1.66. The Bertz CT molecular complexity index is 397. The number of nitrogens with two attached hydrogens (primary N) is 1. The molecule has 0 bridgehead atoms. The SMILES string of the molecule is Cc1nn(C)c(OCCCN(C)C)c1C(=N)N. The van der Waals surface area contributed by atoms with E-state index in [-0.39, 0.29) is 5.84 Å². The van der Waals surface area contributed by atoms with Crippen LogP contribution in [0.1, 0.15) is 17.7 Å². The summed E-state index contributed by atoms with van der Waals surface area (Å²) in [5.74, 6) is 0.576. The average molecular weight is 239 g/mol. The van der Waals surface area contributed by atoms with E-state index in [1.54, 1.807) is 11.7 Å². The summed E-state index contributed by atoms with van der Waals surface area (Å²) >= 11 is 0. The Labute approximate surface area is 102 Å². The van der Waals surface area contributed by atoms with Gasteiger partial charge in [0.15, 0.2) is 0 Å². The molecule has 1 aromatic rings. The Morgan fingerprint density at radius 2 is 2.18 bits per heavy atom. The molecule has 0 saturated carbocycles. The van der Waals surface area contributed by atoms with E-state index in [1.807, 2.05) is 21.0 Å². The van der Waals surface area contributed by atoms with Gasteiger partial charge >= 0.3 is 0 Å². The average Bonchev–Trinajstić information content (AvgIpc) is 2.48. The van der Waals surface area contributed by atoms with Crippen molar-refractivity contribution in [2.75, 3.05) is 27.2 Å². The number of nitrogen functional groups attached to an aromatic ring is 1. The highest BCUT2D eigenvalue weighted by atomic mass is 16.5. The molecule has 0 fully saturated rings. The monoisotopic (exact) mass is 239 g/mol. The zero-order valence-electron chi connectivity index (χ0n) is 10.9. The van der Waals surface area contributed by atoms with E-state index in [2.05, 4.69) is 10.00 Å². The summed E-state index contributed by atoms with van der Waals surface area (Å²) in [7, 11) is 5.84. The molecule has 0 saturated heterocycles. The quantitative estimate of drug-likeness (QED) is 0.426. The van der Waals surface area contributed by atoms with E-state index in [0.29, 0.717) is 18.1 Å². The van der Waals surface area contributed by atoms with Crippen molar-refractivity contribution in [2.24, 2.45) is 12.8 Å². The first kappa shape index (κ1) is 13.5. The number of hydrogen-bond acceptors (Lipinski definition) is 4. The first-order chi connectivity index (χ1) is 7.93. The number of ether oxygens (including phenoxy) is 1. The zero-order valence-corrected chi connectivity index (χ0v) is 10.9. The van der Waals surface area contributed by atoms with Crippen molar-refractivity contribution in [3.63, 3.8) is 0 Å². The lowest BCUT2D eigenvalue weighted by Gasteiger charge is -2.11. The van der Waals surface area contributed by atoms with Crippen LogP contribution in [-0.4, -0.2) is 47.8 Å². The predicted octanol–water partition coefficient (Wildman–Crippen LogP) is 0.343. The van der Waals surface area contributed by atoms with Crippen LogP contribution in [0.5, 0.6) is 5.88 Å². The van der Waals surface area contributed by atoms with E-state index in [0.717, 1.165) is 18.7 Å². The second kappa shape index (κ2) is 5.67. The van der Waals surface area contributed by atoms with Crippen LogP contribution in [0.25, 0.3) is 0 Å². The van der Waals surface area contributed by atoms with Crippen molar-refractivity contribution in [1.82, 2.24) is 14.7 Å². The molecule has 96 valence electrons. The van der Waals surface area contributed by atoms with Crippen molar-refractivity contribution in [3.05, 3.63) is 11.3 Å². The van der Waals surface area contributed by atoms with Crippen molar-refractivity contribution in [2.45, 2.75) is 13.3 Å². The molecule has 1 heterocycles. The maximum absolute atomic E-state index is 7.52. The molecule has 1 rings (SSSR count). The van der Waals surface area contributed by atoms with Gasteiger partial charge in [-0.15, -0.1) is 0 Å². The molecule has 0 spiro atoms. The first-order valence-electron chi connectivity index (χ1n) is 5.59. The van der Waals surface area contributed by atoms with Gasteiger partial charge in [0.25, 0.3) is 0 Å². The summed E-state index contributed by atoms with van der Waals surface area (Å²) in [5.41, 5.74) is 6.84. The fraction of sp³-hybridized carbons (Fsp3) is 0.636. The van der Waals surface area contributed by atoms with E-state index in [4.69, 9.17) is 15.9 Å². The third kappa shape index (κ3) is 3.45. The Kier molecular flexibility index (Phi) is 4.51. The summed E-state index contributed by atoms with van der Waals surface area (Å²) in [6.45, 7) is 3.38. The van der Waals surface area contributed by atoms with Crippen LogP contribution >= 0.6 is 0 Å². The van der Waals surface area contributed by atoms with Crippen molar-refractivity contribution >= 4 is 5.84 Å². The molecule has 0 radical (unpaired) electrons. The number of nitrogens with one attached hydrogen (secondary N) is 1. The number of amidine groups is 1. The van der Waals surface area contributed by atoms with Gasteiger partial charge in [-0.05, 0) is 27.4 Å². The summed E-state index contributed by atoms with van der Waals surface area (Å²) < 4.78 is 7.28. The summed E-state index contributed by atoms with van der Waals surface area (Å²) in [6.07, 6.45) is 0.925. The molecule has 3 N–H and O–H groups in total. The topological polar surface area (TPSA) is 80.2 Å². The second-order valence-electron chi connectivity index (χ2n) is 4.31. The molecule has 1 aromatic heterocycles. The van der Waals surface area contributed by atoms with Crippen molar-refractivity contribution < 1.29 is 4.74 Å². The van der Waals surface area contributed by atoms with Gasteiger partial charge in [-0.1, -0.05) is 0 Å². The smallest absolute Gasteiger partial charge is 0.223 e. The normalized spacial score (nSPS) is 10.9. The van der Waals surface area contributed by atoms with Crippen LogP contribution in [-0.2, 0) is 7.05 Å². The van der Waals surface area contributed by atoms with Crippen LogP contribution in [0.4, 0.5) is 0 Å². The summed E-state index contributed by atoms with van der Waals surface area (Å²) in [5, 5.41) is 11.7. The highest BCUT2D eigenvalue weighted by Crippen LogP contribution is 2.20. The lowest BCUT2D eigenvalue weighted by molar-refractivity contribution is 0.262. The van der Waals surface area contributed by atoms with Crippen LogP contribution < -0.4 is 10.5 Å².